The maximum absolute atomic E-state index is 11.0. The van der Waals surface area contributed by atoms with Crippen LogP contribution < -0.4 is 5.32 Å². The average molecular weight is 203 g/mol. The summed E-state index contributed by atoms with van der Waals surface area (Å²) < 4.78 is 5.05. The van der Waals surface area contributed by atoms with E-state index in [1.54, 1.807) is 6.08 Å². The number of carbonyl (C=O) groups excluding carboxylic acids is 1. The quantitative estimate of drug-likeness (QED) is 0.603. The Hall–Kier alpha value is -0.580. The van der Waals surface area contributed by atoms with Crippen molar-refractivity contribution in [1.29, 1.82) is 0 Å². The normalized spacial score (nSPS) is 30.1. The summed E-state index contributed by atoms with van der Waals surface area (Å²) >= 11 is 5.62. The molecule has 1 fully saturated rings. The van der Waals surface area contributed by atoms with E-state index in [9.17, 15) is 4.79 Å². The van der Waals surface area contributed by atoms with Gasteiger partial charge in [-0.15, -0.1) is 0 Å². The van der Waals surface area contributed by atoms with Crippen LogP contribution in [0.4, 0.5) is 0 Å². The molecule has 1 unspecified atom stereocenters. The zero-order valence-corrected chi connectivity index (χ0v) is 7.88. The van der Waals surface area contributed by atoms with Crippen LogP contribution in [0.1, 0.15) is 0 Å². The summed E-state index contributed by atoms with van der Waals surface area (Å²) in [6.07, 6.45) is 1.41. The van der Waals surface area contributed by atoms with Crippen molar-refractivity contribution >= 4 is 17.6 Å². The number of ether oxygens (including phenoxy) is 1. The molecule has 72 valence electrons. The van der Waals surface area contributed by atoms with Gasteiger partial charge in [0.05, 0.1) is 0 Å². The first-order chi connectivity index (χ1) is 6.27. The molecule has 13 heavy (non-hydrogen) atoms. The highest BCUT2D eigenvalue weighted by molar-refractivity contribution is 6.41. The standard InChI is InChI=1S/C8H11ClN2O2/c9-6-5-7(13-8(6)12)11-3-1-10-2-4-11/h5,7,10H,1-4H2. The number of nitrogens with one attached hydrogen (secondary N) is 1. The van der Waals surface area contributed by atoms with Crippen molar-refractivity contribution in [2.45, 2.75) is 6.23 Å². The number of rotatable bonds is 1. The predicted octanol–water partition coefficient (Wildman–Crippen LogP) is -0.103. The topological polar surface area (TPSA) is 41.6 Å². The summed E-state index contributed by atoms with van der Waals surface area (Å²) in [5.74, 6) is -0.412. The van der Waals surface area contributed by atoms with Gasteiger partial charge in [0.1, 0.15) is 5.03 Å². The van der Waals surface area contributed by atoms with Crippen LogP contribution in [0, 0.1) is 0 Å². The van der Waals surface area contributed by atoms with E-state index in [-0.39, 0.29) is 11.3 Å². The largest absolute Gasteiger partial charge is 0.438 e. The Kier molecular flexibility index (Phi) is 2.53. The molecule has 4 nitrogen and oxygen atoms in total. The highest BCUT2D eigenvalue weighted by Gasteiger charge is 2.29. The van der Waals surface area contributed by atoms with Crippen molar-refractivity contribution in [1.82, 2.24) is 10.2 Å². The highest BCUT2D eigenvalue weighted by atomic mass is 35.5. The van der Waals surface area contributed by atoms with Crippen LogP contribution in [-0.2, 0) is 9.53 Å². The molecule has 1 N–H and O–H groups in total. The first-order valence-corrected chi connectivity index (χ1v) is 4.68. The van der Waals surface area contributed by atoms with Crippen molar-refractivity contribution in [2.24, 2.45) is 0 Å². The van der Waals surface area contributed by atoms with Gasteiger partial charge in [-0.3, -0.25) is 4.90 Å². The molecule has 0 saturated carbocycles. The molecule has 1 atom stereocenters. The summed E-state index contributed by atoms with van der Waals surface area (Å²) in [6, 6.07) is 0. The van der Waals surface area contributed by atoms with Gasteiger partial charge in [-0.05, 0) is 6.08 Å². The fourth-order valence-electron chi connectivity index (χ4n) is 1.51. The number of cyclic esters (lactones) is 1. The minimum absolute atomic E-state index is 0.198. The van der Waals surface area contributed by atoms with E-state index in [0.717, 1.165) is 26.2 Å². The van der Waals surface area contributed by atoms with Crippen molar-refractivity contribution in [2.75, 3.05) is 26.2 Å². The number of hydrogen-bond donors (Lipinski definition) is 1. The fraction of sp³-hybridized carbons (Fsp3) is 0.625. The molecule has 2 rings (SSSR count). The zero-order chi connectivity index (χ0) is 9.26. The lowest BCUT2D eigenvalue weighted by Crippen LogP contribution is -2.48. The van der Waals surface area contributed by atoms with Gasteiger partial charge < -0.3 is 10.1 Å². The summed E-state index contributed by atoms with van der Waals surface area (Å²) in [4.78, 5) is 13.0. The lowest BCUT2D eigenvalue weighted by atomic mass is 10.3. The third kappa shape index (κ3) is 1.85. The van der Waals surface area contributed by atoms with E-state index in [4.69, 9.17) is 16.3 Å². The number of halogens is 1. The van der Waals surface area contributed by atoms with E-state index in [2.05, 4.69) is 10.2 Å². The summed E-state index contributed by atoms with van der Waals surface area (Å²) in [6.45, 7) is 3.64. The molecule has 2 aliphatic rings. The molecule has 2 aliphatic heterocycles. The Bertz CT molecular complexity index is 249. The van der Waals surface area contributed by atoms with E-state index < -0.39 is 5.97 Å². The Morgan fingerprint density at radius 3 is 2.77 bits per heavy atom. The molecule has 0 radical (unpaired) electrons. The smallest absolute Gasteiger partial charge is 0.351 e. The molecule has 0 aromatic rings. The summed E-state index contributed by atoms with van der Waals surface area (Å²) in [5, 5.41) is 3.42. The Morgan fingerprint density at radius 1 is 1.54 bits per heavy atom. The van der Waals surface area contributed by atoms with Crippen molar-refractivity contribution in [3.8, 4) is 0 Å². The molecular weight excluding hydrogens is 192 g/mol. The lowest BCUT2D eigenvalue weighted by Gasteiger charge is -2.30. The highest BCUT2D eigenvalue weighted by Crippen LogP contribution is 2.19. The Labute approximate surface area is 81.5 Å². The second-order valence-electron chi connectivity index (χ2n) is 3.10. The van der Waals surface area contributed by atoms with Crippen molar-refractivity contribution < 1.29 is 9.53 Å². The van der Waals surface area contributed by atoms with Crippen LogP contribution >= 0.6 is 11.6 Å². The number of esters is 1. The van der Waals surface area contributed by atoms with E-state index in [0.29, 0.717) is 0 Å². The molecule has 0 bridgehead atoms. The van der Waals surface area contributed by atoms with Gasteiger partial charge in [0.25, 0.3) is 0 Å². The zero-order valence-electron chi connectivity index (χ0n) is 7.12. The van der Waals surface area contributed by atoms with Crippen LogP contribution in [0.2, 0.25) is 0 Å². The minimum atomic E-state index is -0.412. The molecular formula is C8H11ClN2O2. The van der Waals surface area contributed by atoms with E-state index >= 15 is 0 Å². The molecule has 0 spiro atoms. The maximum atomic E-state index is 11.0. The summed E-state index contributed by atoms with van der Waals surface area (Å²) in [5.41, 5.74) is 0. The third-order valence-corrected chi connectivity index (χ3v) is 2.50. The molecule has 5 heteroatoms. The Balaban J connectivity index is 1.98. The summed E-state index contributed by atoms with van der Waals surface area (Å²) in [7, 11) is 0. The second-order valence-corrected chi connectivity index (χ2v) is 3.50. The predicted molar refractivity (Wildman–Crippen MR) is 48.3 cm³/mol. The molecule has 1 saturated heterocycles. The second kappa shape index (κ2) is 3.65. The SMILES string of the molecule is O=C1OC(N2CCNCC2)C=C1Cl. The lowest BCUT2D eigenvalue weighted by molar-refractivity contribution is -0.146. The number of carbonyl (C=O) groups is 1. The van der Waals surface area contributed by atoms with Gasteiger partial charge in [0.2, 0.25) is 0 Å². The maximum Gasteiger partial charge on any atom is 0.351 e. The van der Waals surface area contributed by atoms with Gasteiger partial charge in [-0.1, -0.05) is 11.6 Å². The van der Waals surface area contributed by atoms with Crippen LogP contribution in [0.15, 0.2) is 11.1 Å². The van der Waals surface area contributed by atoms with Gasteiger partial charge in [0, 0.05) is 26.2 Å². The average Bonchev–Trinajstić information content (AvgIpc) is 2.49. The monoisotopic (exact) mass is 202 g/mol. The van der Waals surface area contributed by atoms with Gasteiger partial charge in [-0.25, -0.2) is 4.79 Å². The Morgan fingerprint density at radius 2 is 2.23 bits per heavy atom. The minimum Gasteiger partial charge on any atom is -0.438 e. The first-order valence-electron chi connectivity index (χ1n) is 4.30. The molecule has 0 aromatic heterocycles. The molecule has 0 aliphatic carbocycles. The number of piperazine rings is 1. The fourth-order valence-corrected chi connectivity index (χ4v) is 1.66. The van der Waals surface area contributed by atoms with Gasteiger partial charge >= 0.3 is 5.97 Å². The number of nitrogens with zero attached hydrogens (tertiary/aromatic N) is 1. The van der Waals surface area contributed by atoms with Crippen molar-refractivity contribution in [3.05, 3.63) is 11.1 Å². The number of hydrogen-bond acceptors (Lipinski definition) is 4. The van der Waals surface area contributed by atoms with Crippen molar-refractivity contribution in [3.63, 3.8) is 0 Å². The van der Waals surface area contributed by atoms with E-state index in [1.807, 2.05) is 0 Å². The van der Waals surface area contributed by atoms with Crippen LogP contribution in [-0.4, -0.2) is 43.3 Å². The molecule has 2 heterocycles. The molecule has 0 aromatic carbocycles. The van der Waals surface area contributed by atoms with Crippen LogP contribution in [0.25, 0.3) is 0 Å². The van der Waals surface area contributed by atoms with Gasteiger partial charge in [0.15, 0.2) is 6.23 Å². The van der Waals surface area contributed by atoms with E-state index in [1.165, 1.54) is 0 Å². The first kappa shape index (κ1) is 8.99. The van der Waals surface area contributed by atoms with Crippen LogP contribution in [0.5, 0.6) is 0 Å². The molecule has 0 amide bonds. The third-order valence-electron chi connectivity index (χ3n) is 2.22. The van der Waals surface area contributed by atoms with Gasteiger partial charge in [-0.2, -0.15) is 0 Å². The van der Waals surface area contributed by atoms with Crippen LogP contribution in [0.3, 0.4) is 0 Å².